The molecule has 1 aliphatic rings. The van der Waals surface area contributed by atoms with Crippen molar-refractivity contribution in [3.63, 3.8) is 0 Å². The standard InChI is InChI=1S/C18H18N4O3S/c1-13-16(18(23)22(20(13)2)14-6-4-3-5-7-14)17-19-9-10-21(17)15-8-11-26(24,25)12-15/h3-11,15H,12H2,1-2H3. The van der Waals surface area contributed by atoms with E-state index < -0.39 is 9.84 Å². The van der Waals surface area contributed by atoms with Crippen molar-refractivity contribution < 1.29 is 8.42 Å². The van der Waals surface area contributed by atoms with Gasteiger partial charge in [0.05, 0.1) is 17.5 Å². The van der Waals surface area contributed by atoms with Gasteiger partial charge in [-0.25, -0.2) is 18.1 Å². The number of rotatable bonds is 3. The van der Waals surface area contributed by atoms with E-state index in [2.05, 4.69) is 4.98 Å². The van der Waals surface area contributed by atoms with Gasteiger partial charge in [-0.2, -0.15) is 0 Å². The van der Waals surface area contributed by atoms with Gasteiger partial charge in [0.25, 0.3) is 5.56 Å². The van der Waals surface area contributed by atoms with Gasteiger partial charge in [0.2, 0.25) is 0 Å². The van der Waals surface area contributed by atoms with Crippen LogP contribution in [0.3, 0.4) is 0 Å². The van der Waals surface area contributed by atoms with Gasteiger partial charge in [0.1, 0.15) is 11.4 Å². The number of imidazole rings is 1. The van der Waals surface area contributed by atoms with Crippen LogP contribution in [0.2, 0.25) is 0 Å². The highest BCUT2D eigenvalue weighted by Crippen LogP contribution is 2.27. The van der Waals surface area contributed by atoms with Crippen molar-refractivity contribution in [1.29, 1.82) is 0 Å². The Labute approximate surface area is 150 Å². The monoisotopic (exact) mass is 370 g/mol. The first-order valence-electron chi connectivity index (χ1n) is 8.17. The second kappa shape index (κ2) is 5.84. The smallest absolute Gasteiger partial charge is 0.282 e. The fourth-order valence-corrected chi connectivity index (χ4v) is 4.61. The zero-order chi connectivity index (χ0) is 18.5. The molecule has 7 nitrogen and oxygen atoms in total. The van der Waals surface area contributed by atoms with Crippen LogP contribution in [0.4, 0.5) is 0 Å². The van der Waals surface area contributed by atoms with Crippen molar-refractivity contribution in [3.8, 4) is 17.1 Å². The minimum absolute atomic E-state index is 0.0187. The maximum absolute atomic E-state index is 13.2. The number of sulfone groups is 1. The molecule has 26 heavy (non-hydrogen) atoms. The van der Waals surface area contributed by atoms with Gasteiger partial charge in [-0.15, -0.1) is 0 Å². The largest absolute Gasteiger partial charge is 0.323 e. The van der Waals surface area contributed by atoms with E-state index in [0.717, 1.165) is 11.4 Å². The van der Waals surface area contributed by atoms with E-state index >= 15 is 0 Å². The molecule has 0 aliphatic carbocycles. The number of hydrogen-bond donors (Lipinski definition) is 0. The lowest BCUT2D eigenvalue weighted by Gasteiger charge is -2.12. The van der Waals surface area contributed by atoms with Crippen LogP contribution in [-0.2, 0) is 16.9 Å². The molecule has 1 unspecified atom stereocenters. The summed E-state index contributed by atoms with van der Waals surface area (Å²) in [4.78, 5) is 17.5. The number of benzene rings is 1. The Bertz CT molecular complexity index is 1170. The molecule has 0 spiro atoms. The second-order valence-electron chi connectivity index (χ2n) is 6.32. The summed E-state index contributed by atoms with van der Waals surface area (Å²) >= 11 is 0. The van der Waals surface area contributed by atoms with Crippen molar-refractivity contribution >= 4 is 9.84 Å². The summed E-state index contributed by atoms with van der Waals surface area (Å²) in [5, 5.41) is 1.22. The van der Waals surface area contributed by atoms with E-state index in [-0.39, 0.29) is 17.4 Å². The minimum Gasteiger partial charge on any atom is -0.323 e. The Balaban J connectivity index is 1.88. The Kier molecular flexibility index (Phi) is 3.73. The Hall–Kier alpha value is -2.87. The number of hydrogen-bond acceptors (Lipinski definition) is 4. The summed E-state index contributed by atoms with van der Waals surface area (Å²) in [5.41, 5.74) is 1.81. The van der Waals surface area contributed by atoms with Gasteiger partial charge >= 0.3 is 0 Å². The average molecular weight is 370 g/mol. The molecule has 1 aromatic carbocycles. The highest BCUT2D eigenvalue weighted by atomic mass is 32.2. The highest BCUT2D eigenvalue weighted by molar-refractivity contribution is 7.94. The molecule has 0 amide bonds. The molecule has 134 valence electrons. The summed E-state index contributed by atoms with van der Waals surface area (Å²) in [6, 6.07) is 9.01. The third-order valence-corrected chi connectivity index (χ3v) is 6.09. The van der Waals surface area contributed by atoms with Gasteiger partial charge in [-0.05, 0) is 25.1 Å². The van der Waals surface area contributed by atoms with Crippen molar-refractivity contribution in [3.05, 3.63) is 70.3 Å². The van der Waals surface area contributed by atoms with Crippen LogP contribution in [0.15, 0.2) is 59.0 Å². The van der Waals surface area contributed by atoms with Crippen LogP contribution in [0.25, 0.3) is 17.1 Å². The fourth-order valence-electron chi connectivity index (χ4n) is 3.33. The van der Waals surface area contributed by atoms with E-state index in [1.165, 1.54) is 5.41 Å². The lowest BCUT2D eigenvalue weighted by molar-refractivity contribution is 0.593. The first kappa shape index (κ1) is 16.6. The number of aromatic nitrogens is 4. The number of allylic oxidation sites excluding steroid dienone is 1. The molecule has 3 aromatic rings. The molecule has 0 saturated heterocycles. The van der Waals surface area contributed by atoms with E-state index in [1.807, 2.05) is 44.3 Å². The summed E-state index contributed by atoms with van der Waals surface area (Å²) < 4.78 is 28.7. The quantitative estimate of drug-likeness (QED) is 0.705. The minimum atomic E-state index is -3.20. The van der Waals surface area contributed by atoms with Crippen LogP contribution >= 0.6 is 0 Å². The topological polar surface area (TPSA) is 78.9 Å². The van der Waals surface area contributed by atoms with E-state index in [9.17, 15) is 13.2 Å². The molecular formula is C18H18N4O3S. The Morgan fingerprint density at radius 1 is 1.19 bits per heavy atom. The third kappa shape index (κ3) is 2.53. The SMILES string of the molecule is Cc1c(-c2nccn2C2C=CS(=O)(=O)C2)c(=O)n(-c2ccccc2)n1C. The van der Waals surface area contributed by atoms with Crippen molar-refractivity contribution in [1.82, 2.24) is 18.9 Å². The summed E-state index contributed by atoms with van der Waals surface area (Å²) in [6.07, 6.45) is 4.94. The predicted octanol–water partition coefficient (Wildman–Crippen LogP) is 1.83. The summed E-state index contributed by atoms with van der Waals surface area (Å²) in [7, 11) is -1.38. The van der Waals surface area contributed by atoms with Crippen LogP contribution in [0, 0.1) is 6.92 Å². The van der Waals surface area contributed by atoms with Crippen molar-refractivity contribution in [2.75, 3.05) is 5.75 Å². The van der Waals surface area contributed by atoms with Crippen LogP contribution < -0.4 is 5.56 Å². The molecule has 4 rings (SSSR count). The molecule has 1 atom stereocenters. The lowest BCUT2D eigenvalue weighted by atomic mass is 10.2. The highest BCUT2D eigenvalue weighted by Gasteiger charge is 2.28. The number of nitrogens with zero attached hydrogens (tertiary/aromatic N) is 4. The average Bonchev–Trinajstić information content (AvgIpc) is 3.27. The third-order valence-electron chi connectivity index (χ3n) is 4.71. The van der Waals surface area contributed by atoms with Gasteiger partial charge in [-0.3, -0.25) is 9.48 Å². The van der Waals surface area contributed by atoms with Crippen LogP contribution in [-0.4, -0.2) is 33.1 Å². The molecule has 0 N–H and O–H groups in total. The molecular weight excluding hydrogens is 352 g/mol. The van der Waals surface area contributed by atoms with Gasteiger partial charge in [-0.1, -0.05) is 18.2 Å². The summed E-state index contributed by atoms with van der Waals surface area (Å²) in [5.74, 6) is 0.458. The zero-order valence-electron chi connectivity index (χ0n) is 14.4. The van der Waals surface area contributed by atoms with Crippen LogP contribution in [0.1, 0.15) is 11.7 Å². The maximum Gasteiger partial charge on any atom is 0.282 e. The van der Waals surface area contributed by atoms with Gasteiger partial charge in [0.15, 0.2) is 9.84 Å². The molecule has 0 bridgehead atoms. The van der Waals surface area contributed by atoms with Crippen molar-refractivity contribution in [2.24, 2.45) is 7.05 Å². The maximum atomic E-state index is 13.2. The Morgan fingerprint density at radius 3 is 2.58 bits per heavy atom. The Morgan fingerprint density at radius 2 is 1.92 bits per heavy atom. The normalized spacial score (nSPS) is 18.5. The van der Waals surface area contributed by atoms with Gasteiger partial charge in [0, 0.05) is 30.5 Å². The molecule has 0 radical (unpaired) electrons. The second-order valence-corrected chi connectivity index (χ2v) is 8.25. The first-order chi connectivity index (χ1) is 12.4. The molecule has 2 aromatic heterocycles. The zero-order valence-corrected chi connectivity index (χ0v) is 15.2. The molecule has 0 fully saturated rings. The predicted molar refractivity (Wildman–Crippen MR) is 98.9 cm³/mol. The lowest BCUT2D eigenvalue weighted by Crippen LogP contribution is -2.21. The van der Waals surface area contributed by atoms with E-state index in [1.54, 1.807) is 32.4 Å². The molecule has 0 saturated carbocycles. The molecule has 8 heteroatoms. The summed E-state index contributed by atoms with van der Waals surface area (Å²) in [6.45, 7) is 1.86. The van der Waals surface area contributed by atoms with Crippen LogP contribution in [0.5, 0.6) is 0 Å². The molecule has 1 aliphatic heterocycles. The fraction of sp³-hybridized carbons (Fsp3) is 0.222. The van der Waals surface area contributed by atoms with E-state index in [0.29, 0.717) is 11.4 Å². The first-order valence-corrected chi connectivity index (χ1v) is 9.89. The molecule has 3 heterocycles. The van der Waals surface area contributed by atoms with Crippen molar-refractivity contribution in [2.45, 2.75) is 13.0 Å². The number of para-hydroxylation sites is 1. The van der Waals surface area contributed by atoms with Gasteiger partial charge < -0.3 is 4.57 Å². The van der Waals surface area contributed by atoms with E-state index in [4.69, 9.17) is 0 Å².